The van der Waals surface area contributed by atoms with Crippen LogP contribution in [0.1, 0.15) is 29.6 Å². The molecule has 5 nitrogen and oxygen atoms in total. The van der Waals surface area contributed by atoms with Crippen LogP contribution in [-0.2, 0) is 14.3 Å². The zero-order chi connectivity index (χ0) is 13.2. The van der Waals surface area contributed by atoms with Gasteiger partial charge in [0.25, 0.3) is 0 Å². The SMILES string of the molecule is COCCCOC(=O)CCC(=O)c1cccnc1. The van der Waals surface area contributed by atoms with Gasteiger partial charge in [-0.25, -0.2) is 0 Å². The topological polar surface area (TPSA) is 65.5 Å². The van der Waals surface area contributed by atoms with Crippen LogP contribution in [0, 0.1) is 0 Å². The summed E-state index contributed by atoms with van der Waals surface area (Å²) in [6, 6.07) is 3.37. The molecule has 0 aliphatic carbocycles. The predicted octanol–water partition coefficient (Wildman–Crippen LogP) is 1.62. The van der Waals surface area contributed by atoms with Crippen molar-refractivity contribution in [3.8, 4) is 0 Å². The summed E-state index contributed by atoms with van der Waals surface area (Å²) >= 11 is 0. The van der Waals surface area contributed by atoms with E-state index in [2.05, 4.69) is 4.98 Å². The number of nitrogens with zero attached hydrogens (tertiary/aromatic N) is 1. The summed E-state index contributed by atoms with van der Waals surface area (Å²) in [5.41, 5.74) is 0.518. The molecule has 0 unspecified atom stereocenters. The third-order valence-electron chi connectivity index (χ3n) is 2.30. The first-order chi connectivity index (χ1) is 8.74. The summed E-state index contributed by atoms with van der Waals surface area (Å²) in [6.45, 7) is 0.885. The molecule has 0 saturated heterocycles. The summed E-state index contributed by atoms with van der Waals surface area (Å²) in [6.07, 6.45) is 4.00. The molecule has 1 rings (SSSR count). The van der Waals surface area contributed by atoms with Gasteiger partial charge in [-0.1, -0.05) is 0 Å². The Morgan fingerprint density at radius 1 is 1.28 bits per heavy atom. The van der Waals surface area contributed by atoms with Crippen molar-refractivity contribution >= 4 is 11.8 Å². The molecule has 0 bridgehead atoms. The first-order valence-electron chi connectivity index (χ1n) is 5.82. The summed E-state index contributed by atoms with van der Waals surface area (Å²) in [7, 11) is 1.59. The molecule has 0 aromatic carbocycles. The van der Waals surface area contributed by atoms with Gasteiger partial charge in [0.2, 0.25) is 0 Å². The van der Waals surface area contributed by atoms with E-state index >= 15 is 0 Å². The highest BCUT2D eigenvalue weighted by Gasteiger charge is 2.09. The molecule has 0 aliphatic rings. The summed E-state index contributed by atoms with van der Waals surface area (Å²) in [4.78, 5) is 26.8. The fraction of sp³-hybridized carbons (Fsp3) is 0.462. The van der Waals surface area contributed by atoms with E-state index in [0.29, 0.717) is 25.2 Å². The Labute approximate surface area is 106 Å². The average Bonchev–Trinajstić information content (AvgIpc) is 2.42. The molecule has 0 amide bonds. The van der Waals surface area contributed by atoms with Gasteiger partial charge in [-0.15, -0.1) is 0 Å². The van der Waals surface area contributed by atoms with Crippen molar-refractivity contribution in [1.29, 1.82) is 0 Å². The van der Waals surface area contributed by atoms with Crippen molar-refractivity contribution in [2.24, 2.45) is 0 Å². The van der Waals surface area contributed by atoms with Crippen molar-refractivity contribution in [3.05, 3.63) is 30.1 Å². The van der Waals surface area contributed by atoms with Crippen LogP contribution in [0.5, 0.6) is 0 Å². The standard InChI is InChI=1S/C13H17NO4/c1-17-8-3-9-18-13(16)6-5-12(15)11-4-2-7-14-10-11/h2,4,7,10H,3,5-6,8-9H2,1H3. The van der Waals surface area contributed by atoms with E-state index < -0.39 is 0 Å². The lowest BCUT2D eigenvalue weighted by Crippen LogP contribution is -2.10. The molecule has 0 spiro atoms. The van der Waals surface area contributed by atoms with E-state index in [1.54, 1.807) is 25.4 Å². The van der Waals surface area contributed by atoms with E-state index in [4.69, 9.17) is 9.47 Å². The third kappa shape index (κ3) is 5.54. The zero-order valence-corrected chi connectivity index (χ0v) is 10.4. The Balaban J connectivity index is 2.20. The van der Waals surface area contributed by atoms with Crippen LogP contribution in [0.3, 0.4) is 0 Å². The maximum absolute atomic E-state index is 11.7. The van der Waals surface area contributed by atoms with Gasteiger partial charge in [-0.3, -0.25) is 14.6 Å². The number of aromatic nitrogens is 1. The minimum Gasteiger partial charge on any atom is -0.466 e. The van der Waals surface area contributed by atoms with Gasteiger partial charge in [0.15, 0.2) is 5.78 Å². The second-order valence-electron chi connectivity index (χ2n) is 3.73. The minimum absolute atomic E-state index is 0.0979. The Morgan fingerprint density at radius 3 is 2.78 bits per heavy atom. The van der Waals surface area contributed by atoms with E-state index in [1.807, 2.05) is 0 Å². The number of hydrogen-bond donors (Lipinski definition) is 0. The smallest absolute Gasteiger partial charge is 0.306 e. The van der Waals surface area contributed by atoms with Crippen molar-refractivity contribution in [2.75, 3.05) is 20.3 Å². The lowest BCUT2D eigenvalue weighted by molar-refractivity contribution is -0.143. The van der Waals surface area contributed by atoms with Crippen LogP contribution in [0.2, 0.25) is 0 Å². The Morgan fingerprint density at radius 2 is 2.11 bits per heavy atom. The van der Waals surface area contributed by atoms with Crippen LogP contribution >= 0.6 is 0 Å². The second-order valence-corrected chi connectivity index (χ2v) is 3.73. The Bertz CT molecular complexity index is 378. The molecule has 0 N–H and O–H groups in total. The number of methoxy groups -OCH3 is 1. The molecule has 18 heavy (non-hydrogen) atoms. The molecule has 5 heteroatoms. The van der Waals surface area contributed by atoms with Crippen LogP contribution < -0.4 is 0 Å². The number of Topliss-reactive ketones (excluding diaryl/α,β-unsaturated/α-hetero) is 1. The molecule has 0 atom stereocenters. The summed E-state index contributed by atoms with van der Waals surface area (Å²) < 4.78 is 9.77. The molecular formula is C13H17NO4. The highest BCUT2D eigenvalue weighted by molar-refractivity contribution is 5.97. The molecule has 98 valence electrons. The normalized spacial score (nSPS) is 10.1. The molecule has 0 fully saturated rings. The van der Waals surface area contributed by atoms with E-state index in [-0.39, 0.29) is 24.6 Å². The van der Waals surface area contributed by atoms with Gasteiger partial charge < -0.3 is 9.47 Å². The number of hydrogen-bond acceptors (Lipinski definition) is 5. The average molecular weight is 251 g/mol. The van der Waals surface area contributed by atoms with Crippen LogP contribution in [0.25, 0.3) is 0 Å². The quantitative estimate of drug-likeness (QED) is 0.399. The number of rotatable bonds is 8. The highest BCUT2D eigenvalue weighted by atomic mass is 16.5. The van der Waals surface area contributed by atoms with Gasteiger partial charge in [0.05, 0.1) is 13.0 Å². The van der Waals surface area contributed by atoms with E-state index in [9.17, 15) is 9.59 Å². The highest BCUT2D eigenvalue weighted by Crippen LogP contribution is 2.04. The molecule has 1 aromatic heterocycles. The van der Waals surface area contributed by atoms with Gasteiger partial charge in [0.1, 0.15) is 0 Å². The van der Waals surface area contributed by atoms with Crippen LogP contribution in [0.4, 0.5) is 0 Å². The van der Waals surface area contributed by atoms with Crippen molar-refractivity contribution in [2.45, 2.75) is 19.3 Å². The molecule has 1 heterocycles. The zero-order valence-electron chi connectivity index (χ0n) is 10.4. The number of pyridine rings is 1. The summed E-state index contributed by atoms with van der Waals surface area (Å²) in [5.74, 6) is -0.458. The molecular weight excluding hydrogens is 234 g/mol. The minimum atomic E-state index is -0.358. The predicted molar refractivity (Wildman–Crippen MR) is 65.3 cm³/mol. The first kappa shape index (κ1) is 14.3. The Kier molecular flexibility index (Phi) is 6.64. The fourth-order valence-electron chi connectivity index (χ4n) is 1.35. The number of carbonyl (C=O) groups excluding carboxylic acids is 2. The lowest BCUT2D eigenvalue weighted by atomic mass is 10.1. The third-order valence-corrected chi connectivity index (χ3v) is 2.30. The van der Waals surface area contributed by atoms with Crippen molar-refractivity contribution < 1.29 is 19.1 Å². The van der Waals surface area contributed by atoms with Gasteiger partial charge >= 0.3 is 5.97 Å². The molecule has 0 aliphatic heterocycles. The molecule has 0 saturated carbocycles. The van der Waals surface area contributed by atoms with Gasteiger partial charge in [-0.05, 0) is 12.1 Å². The first-order valence-corrected chi connectivity index (χ1v) is 5.82. The summed E-state index contributed by atoms with van der Waals surface area (Å²) in [5, 5.41) is 0. The van der Waals surface area contributed by atoms with Crippen molar-refractivity contribution in [1.82, 2.24) is 4.98 Å². The van der Waals surface area contributed by atoms with Crippen LogP contribution in [0.15, 0.2) is 24.5 Å². The maximum atomic E-state index is 11.7. The number of carbonyl (C=O) groups is 2. The Hall–Kier alpha value is -1.75. The van der Waals surface area contributed by atoms with Gasteiger partial charge in [-0.2, -0.15) is 0 Å². The van der Waals surface area contributed by atoms with Crippen molar-refractivity contribution in [3.63, 3.8) is 0 Å². The fourth-order valence-corrected chi connectivity index (χ4v) is 1.35. The molecule has 0 radical (unpaired) electrons. The monoisotopic (exact) mass is 251 g/mol. The van der Waals surface area contributed by atoms with E-state index in [0.717, 1.165) is 0 Å². The largest absolute Gasteiger partial charge is 0.466 e. The van der Waals surface area contributed by atoms with E-state index in [1.165, 1.54) is 6.20 Å². The maximum Gasteiger partial charge on any atom is 0.306 e. The lowest BCUT2D eigenvalue weighted by Gasteiger charge is -2.04. The van der Waals surface area contributed by atoms with Crippen LogP contribution in [-0.4, -0.2) is 37.1 Å². The van der Waals surface area contributed by atoms with Gasteiger partial charge in [0, 0.05) is 44.5 Å². The number of esters is 1. The second kappa shape index (κ2) is 8.36. The molecule has 1 aromatic rings. The number of ether oxygens (including phenoxy) is 2. The number of ketones is 1.